The lowest BCUT2D eigenvalue weighted by Crippen LogP contribution is -2.43. The SMILES string of the molecule is c1cn(CCCNC2CCCNC2)cn1. The summed E-state index contributed by atoms with van der Waals surface area (Å²) in [6.07, 6.45) is 9.52. The van der Waals surface area contributed by atoms with Crippen LogP contribution in [0.3, 0.4) is 0 Å². The lowest BCUT2D eigenvalue weighted by molar-refractivity contribution is 0.384. The first-order valence-corrected chi connectivity index (χ1v) is 5.85. The van der Waals surface area contributed by atoms with Crippen LogP contribution in [-0.4, -0.2) is 35.2 Å². The first-order valence-electron chi connectivity index (χ1n) is 5.85. The number of nitrogens with zero attached hydrogens (tertiary/aromatic N) is 2. The van der Waals surface area contributed by atoms with Crippen molar-refractivity contribution >= 4 is 0 Å². The summed E-state index contributed by atoms with van der Waals surface area (Å²) >= 11 is 0. The second-order valence-corrected chi connectivity index (χ2v) is 4.15. The molecule has 1 atom stereocenters. The Morgan fingerprint density at radius 2 is 2.53 bits per heavy atom. The average Bonchev–Trinajstić information content (AvgIpc) is 2.79. The normalized spacial score (nSPS) is 21.7. The number of piperidine rings is 1. The fourth-order valence-corrected chi connectivity index (χ4v) is 2.01. The molecule has 84 valence electrons. The molecule has 0 aliphatic carbocycles. The Morgan fingerprint density at radius 1 is 1.53 bits per heavy atom. The van der Waals surface area contributed by atoms with Gasteiger partial charge in [-0.15, -0.1) is 0 Å². The Hall–Kier alpha value is -0.870. The Kier molecular flexibility index (Phi) is 4.17. The molecule has 1 unspecified atom stereocenters. The molecular weight excluding hydrogens is 188 g/mol. The average molecular weight is 208 g/mol. The minimum atomic E-state index is 0.682. The maximum Gasteiger partial charge on any atom is 0.0945 e. The van der Waals surface area contributed by atoms with E-state index in [4.69, 9.17) is 0 Å². The van der Waals surface area contributed by atoms with Gasteiger partial charge >= 0.3 is 0 Å². The fraction of sp³-hybridized carbons (Fsp3) is 0.727. The molecule has 1 aromatic rings. The minimum Gasteiger partial charge on any atom is -0.337 e. The van der Waals surface area contributed by atoms with E-state index in [-0.39, 0.29) is 0 Å². The molecule has 0 aromatic carbocycles. The first-order chi connectivity index (χ1) is 7.45. The third kappa shape index (κ3) is 3.64. The number of hydrogen-bond donors (Lipinski definition) is 2. The van der Waals surface area contributed by atoms with Crippen LogP contribution in [0, 0.1) is 0 Å². The van der Waals surface area contributed by atoms with E-state index in [2.05, 4.69) is 20.2 Å². The summed E-state index contributed by atoms with van der Waals surface area (Å²) in [4.78, 5) is 4.02. The van der Waals surface area contributed by atoms with E-state index in [1.165, 1.54) is 25.8 Å². The van der Waals surface area contributed by atoms with E-state index in [0.717, 1.165) is 19.6 Å². The van der Waals surface area contributed by atoms with Gasteiger partial charge in [0.05, 0.1) is 6.33 Å². The highest BCUT2D eigenvalue weighted by Crippen LogP contribution is 2.01. The van der Waals surface area contributed by atoms with Gasteiger partial charge in [-0.1, -0.05) is 0 Å². The van der Waals surface area contributed by atoms with Crippen LogP contribution in [-0.2, 0) is 6.54 Å². The van der Waals surface area contributed by atoms with Crippen LogP contribution in [0.15, 0.2) is 18.7 Å². The molecule has 1 aliphatic heterocycles. The molecule has 2 N–H and O–H groups in total. The number of hydrogen-bond acceptors (Lipinski definition) is 3. The standard InChI is InChI=1S/C11H20N4/c1-3-11(9-12-4-1)14-5-2-7-15-8-6-13-10-15/h6,8,10-12,14H,1-5,7,9H2. The quantitative estimate of drug-likeness (QED) is 0.697. The predicted molar refractivity (Wildman–Crippen MR) is 60.7 cm³/mol. The van der Waals surface area contributed by atoms with Gasteiger partial charge in [0.1, 0.15) is 0 Å². The van der Waals surface area contributed by atoms with Crippen molar-refractivity contribution < 1.29 is 0 Å². The van der Waals surface area contributed by atoms with Crippen molar-refractivity contribution in [3.05, 3.63) is 18.7 Å². The number of rotatable bonds is 5. The van der Waals surface area contributed by atoms with Crippen LogP contribution in [0.25, 0.3) is 0 Å². The monoisotopic (exact) mass is 208 g/mol. The van der Waals surface area contributed by atoms with E-state index < -0.39 is 0 Å². The molecule has 1 saturated heterocycles. The molecule has 4 heteroatoms. The van der Waals surface area contributed by atoms with E-state index in [1.807, 2.05) is 18.7 Å². The smallest absolute Gasteiger partial charge is 0.0945 e. The molecule has 0 bridgehead atoms. The molecule has 0 amide bonds. The number of imidazole rings is 1. The van der Waals surface area contributed by atoms with Gasteiger partial charge in [0, 0.05) is 31.5 Å². The molecule has 1 fully saturated rings. The number of nitrogens with one attached hydrogen (secondary N) is 2. The Balaban J connectivity index is 1.54. The summed E-state index contributed by atoms with van der Waals surface area (Å²) in [5.41, 5.74) is 0. The van der Waals surface area contributed by atoms with Crippen molar-refractivity contribution in [2.24, 2.45) is 0 Å². The van der Waals surface area contributed by atoms with Crippen LogP contribution in [0.2, 0.25) is 0 Å². The summed E-state index contributed by atoms with van der Waals surface area (Å²) < 4.78 is 2.13. The van der Waals surface area contributed by atoms with Crippen LogP contribution in [0.4, 0.5) is 0 Å². The van der Waals surface area contributed by atoms with E-state index in [0.29, 0.717) is 6.04 Å². The molecule has 15 heavy (non-hydrogen) atoms. The highest BCUT2D eigenvalue weighted by atomic mass is 15.0. The van der Waals surface area contributed by atoms with Crippen molar-refractivity contribution in [1.29, 1.82) is 0 Å². The zero-order valence-corrected chi connectivity index (χ0v) is 9.15. The lowest BCUT2D eigenvalue weighted by atomic mass is 10.1. The van der Waals surface area contributed by atoms with Gasteiger partial charge in [-0.25, -0.2) is 4.98 Å². The summed E-state index contributed by atoms with van der Waals surface area (Å²) in [6.45, 7) is 4.48. The molecule has 2 heterocycles. The van der Waals surface area contributed by atoms with Gasteiger partial charge in [-0.3, -0.25) is 0 Å². The molecule has 4 nitrogen and oxygen atoms in total. The van der Waals surface area contributed by atoms with Gasteiger partial charge in [0.15, 0.2) is 0 Å². The van der Waals surface area contributed by atoms with Crippen LogP contribution >= 0.6 is 0 Å². The zero-order chi connectivity index (χ0) is 10.3. The van der Waals surface area contributed by atoms with Gasteiger partial charge < -0.3 is 15.2 Å². The molecule has 1 aromatic heterocycles. The summed E-state index contributed by atoms with van der Waals surface area (Å²) in [7, 11) is 0. The Bertz CT molecular complexity index is 252. The van der Waals surface area contributed by atoms with E-state index >= 15 is 0 Å². The maximum absolute atomic E-state index is 4.02. The van der Waals surface area contributed by atoms with E-state index in [1.54, 1.807) is 0 Å². The van der Waals surface area contributed by atoms with Crippen LogP contribution in [0.5, 0.6) is 0 Å². The van der Waals surface area contributed by atoms with Gasteiger partial charge in [0.25, 0.3) is 0 Å². The largest absolute Gasteiger partial charge is 0.337 e. The van der Waals surface area contributed by atoms with Crippen molar-refractivity contribution in [3.8, 4) is 0 Å². The zero-order valence-electron chi connectivity index (χ0n) is 9.15. The predicted octanol–water partition coefficient (Wildman–Crippen LogP) is 0.615. The second kappa shape index (κ2) is 5.88. The van der Waals surface area contributed by atoms with Crippen LogP contribution < -0.4 is 10.6 Å². The minimum absolute atomic E-state index is 0.682. The molecule has 0 spiro atoms. The molecule has 1 aliphatic rings. The van der Waals surface area contributed by atoms with Gasteiger partial charge in [-0.2, -0.15) is 0 Å². The summed E-state index contributed by atoms with van der Waals surface area (Å²) in [5.74, 6) is 0. The van der Waals surface area contributed by atoms with Gasteiger partial charge in [0.2, 0.25) is 0 Å². The topological polar surface area (TPSA) is 41.9 Å². The van der Waals surface area contributed by atoms with Gasteiger partial charge in [-0.05, 0) is 32.4 Å². The number of aryl methyl sites for hydroxylation is 1. The van der Waals surface area contributed by atoms with Crippen molar-refractivity contribution in [2.45, 2.75) is 31.8 Å². The third-order valence-electron chi connectivity index (χ3n) is 2.88. The summed E-state index contributed by atoms with van der Waals surface area (Å²) in [6, 6.07) is 0.682. The lowest BCUT2D eigenvalue weighted by Gasteiger charge is -2.23. The molecule has 0 saturated carbocycles. The molecule has 2 rings (SSSR count). The third-order valence-corrected chi connectivity index (χ3v) is 2.88. The van der Waals surface area contributed by atoms with E-state index in [9.17, 15) is 0 Å². The first kappa shape index (κ1) is 10.6. The highest BCUT2D eigenvalue weighted by Gasteiger charge is 2.10. The van der Waals surface area contributed by atoms with Crippen molar-refractivity contribution in [1.82, 2.24) is 20.2 Å². The Morgan fingerprint density at radius 3 is 3.27 bits per heavy atom. The number of aromatic nitrogens is 2. The van der Waals surface area contributed by atoms with Crippen molar-refractivity contribution in [2.75, 3.05) is 19.6 Å². The Labute approximate surface area is 91.1 Å². The second-order valence-electron chi connectivity index (χ2n) is 4.15. The highest BCUT2D eigenvalue weighted by molar-refractivity contribution is 4.76. The van der Waals surface area contributed by atoms with Crippen molar-refractivity contribution in [3.63, 3.8) is 0 Å². The maximum atomic E-state index is 4.02. The fourth-order valence-electron chi connectivity index (χ4n) is 2.01. The molecule has 0 radical (unpaired) electrons. The molecular formula is C11H20N4. The summed E-state index contributed by atoms with van der Waals surface area (Å²) in [5, 5.41) is 7.00. The van der Waals surface area contributed by atoms with Crippen LogP contribution in [0.1, 0.15) is 19.3 Å².